The molecular formula is C19H19NO3. The SMILES string of the molecule is Cc1cc(C)c2c(c1)[C@@](O)(CC(=O)c1ccccc1C)C(=O)N2. The average molecular weight is 309 g/mol. The second kappa shape index (κ2) is 5.32. The highest BCUT2D eigenvalue weighted by molar-refractivity contribution is 6.10. The molecule has 1 atom stereocenters. The molecule has 0 spiro atoms. The standard InChI is InChI=1S/C19H19NO3/c1-11-8-13(3)17-15(9-11)19(23,18(22)20-17)10-16(21)14-7-5-4-6-12(14)2/h4-9,23H,10H2,1-3H3,(H,20,22)/t19-/m0/s1. The quantitative estimate of drug-likeness (QED) is 0.857. The van der Waals surface area contributed by atoms with Crippen molar-refractivity contribution in [1.82, 2.24) is 0 Å². The fourth-order valence-corrected chi connectivity index (χ4v) is 3.19. The number of carbonyl (C=O) groups excluding carboxylic acids is 2. The number of amides is 1. The van der Waals surface area contributed by atoms with E-state index in [4.69, 9.17) is 0 Å². The molecule has 1 heterocycles. The highest BCUT2D eigenvalue weighted by atomic mass is 16.3. The van der Waals surface area contributed by atoms with Crippen LogP contribution >= 0.6 is 0 Å². The molecule has 0 unspecified atom stereocenters. The zero-order chi connectivity index (χ0) is 16.8. The second-order valence-electron chi connectivity index (χ2n) is 6.23. The van der Waals surface area contributed by atoms with E-state index in [-0.39, 0.29) is 12.2 Å². The molecule has 0 aliphatic carbocycles. The largest absolute Gasteiger partial charge is 0.375 e. The summed E-state index contributed by atoms with van der Waals surface area (Å²) in [6.07, 6.45) is -0.264. The first-order valence-electron chi connectivity index (χ1n) is 7.57. The number of hydrogen-bond acceptors (Lipinski definition) is 3. The molecule has 4 nitrogen and oxygen atoms in total. The summed E-state index contributed by atoms with van der Waals surface area (Å²) >= 11 is 0. The van der Waals surface area contributed by atoms with Gasteiger partial charge in [0.2, 0.25) is 0 Å². The molecule has 0 fully saturated rings. The van der Waals surface area contributed by atoms with Gasteiger partial charge in [-0.15, -0.1) is 0 Å². The van der Waals surface area contributed by atoms with Crippen molar-refractivity contribution in [3.05, 3.63) is 64.2 Å². The Bertz CT molecular complexity index is 825. The summed E-state index contributed by atoms with van der Waals surface area (Å²) in [6.45, 7) is 5.62. The van der Waals surface area contributed by atoms with Gasteiger partial charge in [0, 0.05) is 11.1 Å². The minimum atomic E-state index is -1.81. The van der Waals surface area contributed by atoms with E-state index in [1.807, 2.05) is 39.0 Å². The lowest BCUT2D eigenvalue weighted by atomic mass is 9.86. The fourth-order valence-electron chi connectivity index (χ4n) is 3.19. The number of anilines is 1. The summed E-state index contributed by atoms with van der Waals surface area (Å²) in [7, 11) is 0. The Kier molecular flexibility index (Phi) is 3.57. The number of nitrogens with one attached hydrogen (secondary N) is 1. The van der Waals surface area contributed by atoms with Crippen LogP contribution in [-0.2, 0) is 10.4 Å². The van der Waals surface area contributed by atoms with Gasteiger partial charge in [0.25, 0.3) is 5.91 Å². The van der Waals surface area contributed by atoms with Gasteiger partial charge >= 0.3 is 0 Å². The molecule has 4 heteroatoms. The lowest BCUT2D eigenvalue weighted by molar-refractivity contribution is -0.133. The van der Waals surface area contributed by atoms with E-state index in [0.29, 0.717) is 16.8 Å². The van der Waals surface area contributed by atoms with Crippen LogP contribution in [0.15, 0.2) is 36.4 Å². The van der Waals surface area contributed by atoms with Gasteiger partial charge < -0.3 is 10.4 Å². The first-order chi connectivity index (χ1) is 10.8. The number of fused-ring (bicyclic) bond motifs is 1. The highest BCUT2D eigenvalue weighted by Crippen LogP contribution is 2.41. The fraction of sp³-hybridized carbons (Fsp3) is 0.263. The predicted octanol–water partition coefficient (Wildman–Crippen LogP) is 3.02. The van der Waals surface area contributed by atoms with Crippen LogP contribution in [0.5, 0.6) is 0 Å². The normalized spacial score (nSPS) is 19.4. The summed E-state index contributed by atoms with van der Waals surface area (Å²) in [4.78, 5) is 25.0. The van der Waals surface area contributed by atoms with E-state index in [1.54, 1.807) is 18.2 Å². The van der Waals surface area contributed by atoms with Crippen molar-refractivity contribution in [2.45, 2.75) is 32.8 Å². The van der Waals surface area contributed by atoms with Gasteiger partial charge in [0.05, 0.1) is 12.1 Å². The molecule has 3 rings (SSSR count). The number of aryl methyl sites for hydroxylation is 3. The molecule has 0 radical (unpaired) electrons. The van der Waals surface area contributed by atoms with Crippen LogP contribution < -0.4 is 5.32 Å². The number of hydrogen-bond donors (Lipinski definition) is 2. The third kappa shape index (κ3) is 2.45. The molecule has 1 aliphatic heterocycles. The molecule has 0 aromatic heterocycles. The zero-order valence-corrected chi connectivity index (χ0v) is 13.4. The molecule has 118 valence electrons. The number of benzene rings is 2. The van der Waals surface area contributed by atoms with E-state index >= 15 is 0 Å². The van der Waals surface area contributed by atoms with Gasteiger partial charge in [-0.3, -0.25) is 9.59 Å². The van der Waals surface area contributed by atoms with Gasteiger partial charge in [-0.2, -0.15) is 0 Å². The van der Waals surface area contributed by atoms with E-state index < -0.39 is 11.5 Å². The van der Waals surface area contributed by atoms with Gasteiger partial charge in [-0.05, 0) is 31.9 Å². The van der Waals surface area contributed by atoms with Gasteiger partial charge in [-0.25, -0.2) is 0 Å². The summed E-state index contributed by atoms with van der Waals surface area (Å²) in [5.74, 6) is -0.782. The van der Waals surface area contributed by atoms with Crippen LogP contribution in [0.2, 0.25) is 0 Å². The van der Waals surface area contributed by atoms with Crippen molar-refractivity contribution in [3.63, 3.8) is 0 Å². The molecule has 2 N–H and O–H groups in total. The molecule has 0 saturated carbocycles. The van der Waals surface area contributed by atoms with Crippen molar-refractivity contribution >= 4 is 17.4 Å². The topological polar surface area (TPSA) is 66.4 Å². The molecule has 0 bridgehead atoms. The summed E-state index contributed by atoms with van der Waals surface area (Å²) in [5, 5.41) is 13.7. The minimum Gasteiger partial charge on any atom is -0.375 e. The van der Waals surface area contributed by atoms with Crippen LogP contribution in [0.4, 0.5) is 5.69 Å². The third-order valence-electron chi connectivity index (χ3n) is 4.40. The van der Waals surface area contributed by atoms with E-state index in [0.717, 1.165) is 16.7 Å². The first kappa shape index (κ1) is 15.4. The first-order valence-corrected chi connectivity index (χ1v) is 7.57. The molecule has 23 heavy (non-hydrogen) atoms. The third-order valence-corrected chi connectivity index (χ3v) is 4.40. The van der Waals surface area contributed by atoms with Crippen molar-refractivity contribution < 1.29 is 14.7 Å². The lowest BCUT2D eigenvalue weighted by Gasteiger charge is -2.21. The van der Waals surface area contributed by atoms with Crippen LogP contribution in [-0.4, -0.2) is 16.8 Å². The van der Waals surface area contributed by atoms with Crippen LogP contribution in [0.3, 0.4) is 0 Å². The van der Waals surface area contributed by atoms with Gasteiger partial charge in [0.15, 0.2) is 11.4 Å². The molecule has 1 aliphatic rings. The minimum absolute atomic E-state index is 0.243. The lowest BCUT2D eigenvalue weighted by Crippen LogP contribution is -2.36. The number of Topliss-reactive ketones (excluding diaryl/α,β-unsaturated/α-hetero) is 1. The van der Waals surface area contributed by atoms with Crippen LogP contribution in [0, 0.1) is 20.8 Å². The number of aliphatic hydroxyl groups is 1. The van der Waals surface area contributed by atoms with Gasteiger partial charge in [-0.1, -0.05) is 42.0 Å². The molecule has 1 amide bonds. The Hall–Kier alpha value is -2.46. The molecule has 2 aromatic carbocycles. The maximum Gasteiger partial charge on any atom is 0.261 e. The Labute approximate surface area is 135 Å². The maximum atomic E-state index is 12.6. The van der Waals surface area contributed by atoms with Crippen LogP contribution in [0.25, 0.3) is 0 Å². The summed E-state index contributed by atoms with van der Waals surface area (Å²) in [5.41, 5.74) is 2.48. The van der Waals surface area contributed by atoms with Crippen LogP contribution in [0.1, 0.15) is 39.0 Å². The Morgan fingerprint density at radius 3 is 2.52 bits per heavy atom. The Morgan fingerprint density at radius 2 is 1.83 bits per heavy atom. The van der Waals surface area contributed by atoms with Crippen molar-refractivity contribution in [1.29, 1.82) is 0 Å². The summed E-state index contributed by atoms with van der Waals surface area (Å²) < 4.78 is 0. The molecule has 2 aromatic rings. The smallest absolute Gasteiger partial charge is 0.261 e. The second-order valence-corrected chi connectivity index (χ2v) is 6.23. The summed E-state index contributed by atoms with van der Waals surface area (Å²) in [6, 6.07) is 10.9. The van der Waals surface area contributed by atoms with Crippen molar-refractivity contribution in [2.75, 3.05) is 5.32 Å². The number of carbonyl (C=O) groups is 2. The van der Waals surface area contributed by atoms with E-state index in [9.17, 15) is 14.7 Å². The van der Waals surface area contributed by atoms with Gasteiger partial charge in [0.1, 0.15) is 0 Å². The Morgan fingerprint density at radius 1 is 1.13 bits per heavy atom. The molecule has 0 saturated heterocycles. The number of ketones is 1. The number of rotatable bonds is 3. The van der Waals surface area contributed by atoms with E-state index in [1.165, 1.54) is 0 Å². The average Bonchev–Trinajstić information content (AvgIpc) is 2.72. The molecular weight excluding hydrogens is 290 g/mol. The highest BCUT2D eigenvalue weighted by Gasteiger charge is 2.47. The van der Waals surface area contributed by atoms with Crippen molar-refractivity contribution in [2.24, 2.45) is 0 Å². The van der Waals surface area contributed by atoms with E-state index in [2.05, 4.69) is 5.32 Å². The Balaban J connectivity index is 2.02. The van der Waals surface area contributed by atoms with Crippen molar-refractivity contribution in [3.8, 4) is 0 Å². The zero-order valence-electron chi connectivity index (χ0n) is 13.4. The monoisotopic (exact) mass is 309 g/mol. The predicted molar refractivity (Wildman–Crippen MR) is 88.6 cm³/mol. The maximum absolute atomic E-state index is 12.6.